The predicted molar refractivity (Wildman–Crippen MR) is 199 cm³/mol. The highest BCUT2D eigenvalue weighted by atomic mass is 35.5. The molecule has 0 saturated carbocycles. The minimum absolute atomic E-state index is 0.0172. The van der Waals surface area contributed by atoms with Crippen LogP contribution in [-0.4, -0.2) is 63.5 Å². The third-order valence-corrected chi connectivity index (χ3v) is 11.3. The zero-order valence-electron chi connectivity index (χ0n) is 28.0. The van der Waals surface area contributed by atoms with E-state index >= 15 is 0 Å². The van der Waals surface area contributed by atoms with Crippen LogP contribution in [0.25, 0.3) is 0 Å². The van der Waals surface area contributed by atoms with E-state index in [0.717, 1.165) is 43.7 Å². The number of hydrogen-bond donors (Lipinski definition) is 5. The molecular formula is C35H41ClN8O2S2. The maximum atomic E-state index is 13.2. The van der Waals surface area contributed by atoms with Crippen LogP contribution in [0.4, 0.5) is 10.8 Å². The molecule has 13 heteroatoms. The molecule has 5 N–H and O–H groups in total. The number of aromatic nitrogens is 1. The number of rotatable bonds is 10. The van der Waals surface area contributed by atoms with Gasteiger partial charge in [0.15, 0.2) is 5.13 Å². The number of halogens is 1. The smallest absolute Gasteiger partial charge is 0.257 e. The van der Waals surface area contributed by atoms with Crippen molar-refractivity contribution in [3.05, 3.63) is 85.4 Å². The van der Waals surface area contributed by atoms with E-state index in [0.29, 0.717) is 35.2 Å². The van der Waals surface area contributed by atoms with Crippen molar-refractivity contribution < 1.29 is 9.59 Å². The largest absolute Gasteiger partial charge is 0.385 e. The van der Waals surface area contributed by atoms with Crippen molar-refractivity contribution in [3.8, 4) is 0 Å². The van der Waals surface area contributed by atoms with Crippen molar-refractivity contribution in [1.29, 1.82) is 10.8 Å². The number of aliphatic imine (C=N–C) groups is 1. The van der Waals surface area contributed by atoms with Crippen molar-refractivity contribution in [1.82, 2.24) is 15.2 Å². The van der Waals surface area contributed by atoms with Crippen LogP contribution in [0.2, 0.25) is 5.02 Å². The molecule has 2 unspecified atom stereocenters. The number of anilines is 2. The Labute approximate surface area is 294 Å². The van der Waals surface area contributed by atoms with Crippen LogP contribution in [0.5, 0.6) is 0 Å². The lowest BCUT2D eigenvalue weighted by molar-refractivity contribution is -0.121. The maximum absolute atomic E-state index is 13.2. The van der Waals surface area contributed by atoms with Crippen molar-refractivity contribution >= 4 is 74.7 Å². The minimum atomic E-state index is -0.767. The van der Waals surface area contributed by atoms with Crippen LogP contribution < -0.4 is 16.0 Å². The summed E-state index contributed by atoms with van der Waals surface area (Å²) < 4.78 is 0. The highest BCUT2D eigenvalue weighted by Gasteiger charge is 2.41. The lowest BCUT2D eigenvalue weighted by Gasteiger charge is -2.27. The fourth-order valence-corrected chi connectivity index (χ4v) is 8.05. The molecule has 0 aliphatic carbocycles. The van der Waals surface area contributed by atoms with Gasteiger partial charge in [-0.15, -0.1) is 23.1 Å². The van der Waals surface area contributed by atoms with Gasteiger partial charge in [0.2, 0.25) is 5.91 Å². The number of thiazole rings is 1. The molecule has 0 radical (unpaired) electrons. The topological polar surface area (TPSA) is 146 Å². The molecule has 0 fully saturated rings. The minimum Gasteiger partial charge on any atom is -0.385 e. The van der Waals surface area contributed by atoms with Crippen LogP contribution in [0.15, 0.2) is 58.1 Å². The van der Waals surface area contributed by atoms with E-state index < -0.39 is 6.04 Å². The Balaban J connectivity index is 1.21. The Morgan fingerprint density at radius 3 is 2.46 bits per heavy atom. The van der Waals surface area contributed by atoms with Crippen molar-refractivity contribution in [2.24, 2.45) is 10.9 Å². The molecule has 10 nitrogen and oxygen atoms in total. The average Bonchev–Trinajstić information content (AvgIpc) is 3.46. The van der Waals surface area contributed by atoms with E-state index in [1.54, 1.807) is 29.7 Å². The van der Waals surface area contributed by atoms with Gasteiger partial charge in [-0.2, -0.15) is 0 Å². The fourth-order valence-electron chi connectivity index (χ4n) is 5.67. The van der Waals surface area contributed by atoms with Gasteiger partial charge < -0.3 is 10.6 Å². The maximum Gasteiger partial charge on any atom is 0.257 e. The summed E-state index contributed by atoms with van der Waals surface area (Å²) in [7, 11) is 0. The number of hydrogen-bond acceptors (Lipinski definition) is 9. The summed E-state index contributed by atoms with van der Waals surface area (Å²) in [5, 5.41) is 29.2. The van der Waals surface area contributed by atoms with Crippen LogP contribution in [0.1, 0.15) is 65.7 Å². The lowest BCUT2D eigenvalue weighted by atomic mass is 9.91. The Hall–Kier alpha value is -4.00. The summed E-state index contributed by atoms with van der Waals surface area (Å²) in [4.78, 5) is 38.3. The van der Waals surface area contributed by atoms with Crippen LogP contribution in [0.3, 0.4) is 0 Å². The predicted octanol–water partition coefficient (Wildman–Crippen LogP) is 7.41. The molecule has 48 heavy (non-hydrogen) atoms. The first-order valence-corrected chi connectivity index (χ1v) is 18.0. The van der Waals surface area contributed by atoms with E-state index in [-0.39, 0.29) is 41.1 Å². The first-order valence-electron chi connectivity index (χ1n) is 15.9. The molecular weight excluding hydrogens is 664 g/mol. The second-order valence-corrected chi connectivity index (χ2v) is 15.1. The first kappa shape index (κ1) is 35.3. The summed E-state index contributed by atoms with van der Waals surface area (Å²) in [5.74, 6) is 0.0483. The number of amidine groups is 2. The van der Waals surface area contributed by atoms with Crippen molar-refractivity contribution in [2.75, 3.05) is 23.7 Å². The summed E-state index contributed by atoms with van der Waals surface area (Å²) in [5.41, 5.74) is 5.76. The molecule has 0 saturated heterocycles. The number of nitrogens with zero attached hydrogens (tertiary/aromatic N) is 3. The molecule has 2 aliphatic rings. The Bertz CT molecular complexity index is 1800. The number of thioether (sulfide) groups is 1. The van der Waals surface area contributed by atoms with Gasteiger partial charge in [0.25, 0.3) is 5.91 Å². The fraction of sp³-hybridized carbons (Fsp3) is 0.371. The van der Waals surface area contributed by atoms with Gasteiger partial charge >= 0.3 is 0 Å². The third-order valence-electron chi connectivity index (χ3n) is 8.64. The van der Waals surface area contributed by atoms with Crippen molar-refractivity contribution in [2.45, 2.75) is 65.7 Å². The number of carbonyl (C=O) groups is 2. The normalized spacial score (nSPS) is 19.1. The molecule has 3 heterocycles. The van der Waals surface area contributed by atoms with E-state index in [4.69, 9.17) is 27.4 Å². The van der Waals surface area contributed by atoms with E-state index in [1.807, 2.05) is 57.2 Å². The van der Waals surface area contributed by atoms with E-state index in [2.05, 4.69) is 34.8 Å². The number of aryl methyl sites for hydroxylation is 2. The molecule has 3 aromatic rings. The summed E-state index contributed by atoms with van der Waals surface area (Å²) in [6.07, 6.45) is 0.630. The number of carbonyl (C=O) groups excluding carboxylic acids is 2. The highest BCUT2D eigenvalue weighted by Crippen LogP contribution is 2.46. The van der Waals surface area contributed by atoms with Gasteiger partial charge in [-0.1, -0.05) is 43.6 Å². The molecule has 252 valence electrons. The van der Waals surface area contributed by atoms with Gasteiger partial charge in [-0.3, -0.25) is 35.6 Å². The number of benzene rings is 2. The van der Waals surface area contributed by atoms with Crippen LogP contribution in [0, 0.1) is 37.5 Å². The molecule has 0 spiro atoms. The SMILES string of the molecule is CC(=N)N1C(=N)[C@H](CC(=O)NCCCNc2cccc(C(=O)Nc3nc(C)c(C)s3)c2C)N=C(c2ccc(Cl)cc2)C2=C1SC(C)C2C. The number of amides is 2. The van der Waals surface area contributed by atoms with Crippen LogP contribution >= 0.6 is 34.7 Å². The van der Waals surface area contributed by atoms with Crippen molar-refractivity contribution in [3.63, 3.8) is 0 Å². The molecule has 0 bridgehead atoms. The molecule has 2 aromatic carbocycles. The first-order chi connectivity index (χ1) is 22.8. The van der Waals surface area contributed by atoms with Gasteiger partial charge in [-0.25, -0.2) is 4.98 Å². The number of allylic oxidation sites excluding steroid dienone is 1. The molecule has 2 amide bonds. The second kappa shape index (κ2) is 15.0. The highest BCUT2D eigenvalue weighted by molar-refractivity contribution is 8.04. The zero-order valence-corrected chi connectivity index (χ0v) is 30.3. The molecule has 2 aliphatic heterocycles. The third kappa shape index (κ3) is 7.66. The summed E-state index contributed by atoms with van der Waals surface area (Å²) in [6, 6.07) is 12.3. The standard InChI is InChI=1S/C35H41ClN8O2S2/c1-18-21(4)47-34-30(18)31(24-11-13-25(36)14-12-24)42-28(32(38)44(34)23(6)37)17-29(45)40-16-8-15-39-27-10-7-9-26(19(27)2)33(46)43-35-41-20(3)22(5)48-35/h7,9-14,18,21,28,37-39H,8,15-17H2,1-6H3,(H,40,45)(H,41,43,46)/t18?,21?,28-/m0/s1. The van der Waals surface area contributed by atoms with Crippen LogP contribution in [-0.2, 0) is 4.79 Å². The van der Waals surface area contributed by atoms with Gasteiger partial charge in [0.05, 0.1) is 22.9 Å². The molecule has 3 atom stereocenters. The zero-order chi connectivity index (χ0) is 34.7. The second-order valence-electron chi connectivity index (χ2n) is 12.1. The van der Waals surface area contributed by atoms with E-state index in [9.17, 15) is 9.59 Å². The Kier molecular flexibility index (Phi) is 11.1. The van der Waals surface area contributed by atoms with Gasteiger partial charge in [0, 0.05) is 50.6 Å². The summed E-state index contributed by atoms with van der Waals surface area (Å²) >= 11 is 9.29. The van der Waals surface area contributed by atoms with E-state index in [1.165, 1.54) is 11.3 Å². The van der Waals surface area contributed by atoms with Gasteiger partial charge in [0.1, 0.15) is 17.7 Å². The quantitative estimate of drug-likeness (QED) is 0.0844. The Morgan fingerprint density at radius 2 is 1.79 bits per heavy atom. The number of nitrogens with one attached hydrogen (secondary N) is 5. The monoisotopic (exact) mass is 704 g/mol. The molecule has 1 aromatic heterocycles. The summed E-state index contributed by atoms with van der Waals surface area (Å²) in [6.45, 7) is 12.8. The average molecular weight is 705 g/mol. The molecule has 5 rings (SSSR count). The Morgan fingerprint density at radius 1 is 1.06 bits per heavy atom. The van der Waals surface area contributed by atoms with Gasteiger partial charge in [-0.05, 0) is 69.9 Å². The lowest BCUT2D eigenvalue weighted by Crippen LogP contribution is -2.41.